The molecule has 102 valence electrons. The molecule has 0 atom stereocenters. The highest BCUT2D eigenvalue weighted by molar-refractivity contribution is 5.54. The molecule has 3 nitrogen and oxygen atoms in total. The number of nitrogens with zero attached hydrogens (tertiary/aromatic N) is 1. The fourth-order valence-corrected chi connectivity index (χ4v) is 2.25. The van der Waals surface area contributed by atoms with Gasteiger partial charge < -0.3 is 14.6 Å². The van der Waals surface area contributed by atoms with Crippen molar-refractivity contribution in [2.45, 2.75) is 26.9 Å². The average molecular weight is 258 g/mol. The third-order valence-corrected chi connectivity index (χ3v) is 3.22. The van der Waals surface area contributed by atoms with Gasteiger partial charge in [0.15, 0.2) is 0 Å². The Morgan fingerprint density at radius 2 is 2.11 bits per heavy atom. The molecule has 1 aromatic heterocycles. The molecule has 3 heteroatoms. The second-order valence-electron chi connectivity index (χ2n) is 4.84. The second kappa shape index (κ2) is 6.43. The van der Waals surface area contributed by atoms with Gasteiger partial charge in [-0.1, -0.05) is 19.1 Å². The first-order valence-corrected chi connectivity index (χ1v) is 6.74. The van der Waals surface area contributed by atoms with E-state index in [9.17, 15) is 0 Å². The number of hydrogen-bond donors (Lipinski definition) is 1. The molecule has 0 radical (unpaired) electrons. The Labute approximate surface area is 115 Å². The maximum Gasteiger partial charge on any atom is 0.123 e. The van der Waals surface area contributed by atoms with E-state index in [0.717, 1.165) is 25.4 Å². The predicted octanol–water partition coefficient (Wildman–Crippen LogP) is 3.33. The van der Waals surface area contributed by atoms with Gasteiger partial charge in [-0.3, -0.25) is 0 Å². The number of furan rings is 1. The van der Waals surface area contributed by atoms with Crippen LogP contribution in [0.1, 0.15) is 23.8 Å². The summed E-state index contributed by atoms with van der Waals surface area (Å²) in [4.78, 5) is 2.21. The third-order valence-electron chi connectivity index (χ3n) is 3.22. The van der Waals surface area contributed by atoms with Crippen LogP contribution >= 0.6 is 0 Å². The zero-order valence-electron chi connectivity index (χ0n) is 11.9. The lowest BCUT2D eigenvalue weighted by atomic mass is 10.1. The molecule has 0 amide bonds. The fourth-order valence-electron chi connectivity index (χ4n) is 2.25. The first kappa shape index (κ1) is 13.7. The Hall–Kier alpha value is -1.74. The van der Waals surface area contributed by atoms with Gasteiger partial charge in [0.2, 0.25) is 0 Å². The molecule has 0 saturated carbocycles. The molecule has 1 N–H and O–H groups in total. The van der Waals surface area contributed by atoms with Crippen LogP contribution in [-0.4, -0.2) is 13.6 Å². The van der Waals surface area contributed by atoms with Gasteiger partial charge in [0.25, 0.3) is 0 Å². The van der Waals surface area contributed by atoms with Crippen molar-refractivity contribution in [3.05, 3.63) is 53.5 Å². The van der Waals surface area contributed by atoms with Gasteiger partial charge >= 0.3 is 0 Å². The highest BCUT2D eigenvalue weighted by Gasteiger charge is 2.07. The monoisotopic (exact) mass is 258 g/mol. The largest absolute Gasteiger partial charge is 0.467 e. The summed E-state index contributed by atoms with van der Waals surface area (Å²) in [5, 5.41) is 3.35. The Morgan fingerprint density at radius 1 is 1.26 bits per heavy atom. The number of anilines is 1. The molecule has 0 aliphatic rings. The van der Waals surface area contributed by atoms with Crippen LogP contribution in [0.25, 0.3) is 0 Å². The molecular weight excluding hydrogens is 236 g/mol. The van der Waals surface area contributed by atoms with E-state index in [1.165, 1.54) is 16.8 Å². The Morgan fingerprint density at radius 3 is 2.74 bits per heavy atom. The van der Waals surface area contributed by atoms with Crippen molar-refractivity contribution in [1.29, 1.82) is 0 Å². The minimum atomic E-state index is 0.792. The molecule has 0 aliphatic heterocycles. The molecule has 1 heterocycles. The number of aryl methyl sites for hydroxylation is 1. The highest BCUT2D eigenvalue weighted by Crippen LogP contribution is 2.22. The maximum atomic E-state index is 5.39. The highest BCUT2D eigenvalue weighted by atomic mass is 16.3. The van der Waals surface area contributed by atoms with Crippen molar-refractivity contribution >= 4 is 5.69 Å². The van der Waals surface area contributed by atoms with Crippen molar-refractivity contribution in [3.8, 4) is 0 Å². The summed E-state index contributed by atoms with van der Waals surface area (Å²) in [5.41, 5.74) is 3.87. The number of benzene rings is 1. The average Bonchev–Trinajstić information content (AvgIpc) is 2.89. The standard InChI is InChI=1S/C16H22N2O/c1-4-17-11-14-7-8-16(13(2)10-14)18(3)12-15-6-5-9-19-15/h5-10,17H,4,11-12H2,1-3H3. The molecule has 0 spiro atoms. The summed E-state index contributed by atoms with van der Waals surface area (Å²) in [6.45, 7) is 7.00. The van der Waals surface area contributed by atoms with Gasteiger partial charge in [0.05, 0.1) is 12.8 Å². The zero-order chi connectivity index (χ0) is 13.7. The van der Waals surface area contributed by atoms with Crippen LogP contribution < -0.4 is 10.2 Å². The number of hydrogen-bond acceptors (Lipinski definition) is 3. The molecule has 0 aliphatic carbocycles. The third kappa shape index (κ3) is 3.61. The normalized spacial score (nSPS) is 10.7. The van der Waals surface area contributed by atoms with Gasteiger partial charge in [0.1, 0.15) is 5.76 Å². The van der Waals surface area contributed by atoms with Gasteiger partial charge in [0, 0.05) is 19.3 Å². The first-order chi connectivity index (χ1) is 9.20. The number of rotatable bonds is 6. The number of nitrogens with one attached hydrogen (secondary N) is 1. The molecular formula is C16H22N2O. The van der Waals surface area contributed by atoms with Gasteiger partial charge in [-0.05, 0) is 42.8 Å². The van der Waals surface area contributed by atoms with Crippen LogP contribution in [0, 0.1) is 6.92 Å². The Kier molecular flexibility index (Phi) is 4.63. The van der Waals surface area contributed by atoms with E-state index in [-0.39, 0.29) is 0 Å². The minimum Gasteiger partial charge on any atom is -0.467 e. The van der Waals surface area contributed by atoms with Crippen LogP contribution in [0.3, 0.4) is 0 Å². The van der Waals surface area contributed by atoms with Crippen molar-refractivity contribution in [1.82, 2.24) is 5.32 Å². The van der Waals surface area contributed by atoms with E-state index in [4.69, 9.17) is 4.42 Å². The Bertz CT molecular complexity index is 505. The molecule has 0 unspecified atom stereocenters. The van der Waals surface area contributed by atoms with E-state index >= 15 is 0 Å². The molecule has 2 rings (SSSR count). The van der Waals surface area contributed by atoms with E-state index in [1.807, 2.05) is 12.1 Å². The smallest absolute Gasteiger partial charge is 0.123 e. The fraction of sp³-hybridized carbons (Fsp3) is 0.375. The van der Waals surface area contributed by atoms with Crippen LogP contribution in [-0.2, 0) is 13.1 Å². The van der Waals surface area contributed by atoms with E-state index in [1.54, 1.807) is 6.26 Å². The maximum absolute atomic E-state index is 5.39. The lowest BCUT2D eigenvalue weighted by molar-refractivity contribution is 0.507. The van der Waals surface area contributed by atoms with E-state index < -0.39 is 0 Å². The second-order valence-corrected chi connectivity index (χ2v) is 4.84. The van der Waals surface area contributed by atoms with E-state index in [2.05, 4.69) is 49.3 Å². The molecule has 0 fully saturated rings. The molecule has 2 aromatic rings. The lowest BCUT2D eigenvalue weighted by Gasteiger charge is -2.21. The van der Waals surface area contributed by atoms with Gasteiger partial charge in [-0.15, -0.1) is 0 Å². The van der Waals surface area contributed by atoms with Crippen molar-refractivity contribution in [2.75, 3.05) is 18.5 Å². The summed E-state index contributed by atoms with van der Waals surface area (Å²) in [6, 6.07) is 10.5. The van der Waals surface area contributed by atoms with Gasteiger partial charge in [-0.25, -0.2) is 0 Å². The SMILES string of the molecule is CCNCc1ccc(N(C)Cc2ccco2)c(C)c1. The van der Waals surface area contributed by atoms with Crippen molar-refractivity contribution < 1.29 is 4.42 Å². The molecule has 1 aromatic carbocycles. The molecule has 0 bridgehead atoms. The van der Waals surface area contributed by atoms with Crippen molar-refractivity contribution in [3.63, 3.8) is 0 Å². The van der Waals surface area contributed by atoms with E-state index in [0.29, 0.717) is 0 Å². The van der Waals surface area contributed by atoms with Crippen LogP contribution in [0.2, 0.25) is 0 Å². The first-order valence-electron chi connectivity index (χ1n) is 6.74. The summed E-state index contributed by atoms with van der Waals surface area (Å²) >= 11 is 0. The minimum absolute atomic E-state index is 0.792. The topological polar surface area (TPSA) is 28.4 Å². The lowest BCUT2D eigenvalue weighted by Crippen LogP contribution is -2.17. The summed E-state index contributed by atoms with van der Waals surface area (Å²) in [6.07, 6.45) is 1.72. The summed E-state index contributed by atoms with van der Waals surface area (Å²) in [5.74, 6) is 0.985. The van der Waals surface area contributed by atoms with Crippen molar-refractivity contribution in [2.24, 2.45) is 0 Å². The van der Waals surface area contributed by atoms with Crippen LogP contribution in [0.4, 0.5) is 5.69 Å². The Balaban J connectivity index is 2.07. The predicted molar refractivity (Wildman–Crippen MR) is 79.4 cm³/mol. The quantitative estimate of drug-likeness (QED) is 0.861. The van der Waals surface area contributed by atoms with Crippen LogP contribution in [0.5, 0.6) is 0 Å². The van der Waals surface area contributed by atoms with Gasteiger partial charge in [-0.2, -0.15) is 0 Å². The zero-order valence-corrected chi connectivity index (χ0v) is 11.9. The van der Waals surface area contributed by atoms with Crippen LogP contribution in [0.15, 0.2) is 41.0 Å². The summed E-state index contributed by atoms with van der Waals surface area (Å²) < 4.78 is 5.39. The molecule has 19 heavy (non-hydrogen) atoms. The summed E-state index contributed by atoms with van der Waals surface area (Å²) in [7, 11) is 2.09. The molecule has 0 saturated heterocycles.